The van der Waals surface area contributed by atoms with Crippen LogP contribution in [0.5, 0.6) is 0 Å². The van der Waals surface area contributed by atoms with Crippen LogP contribution in [0.4, 0.5) is 5.13 Å². The van der Waals surface area contributed by atoms with E-state index in [1.807, 2.05) is 6.92 Å². The van der Waals surface area contributed by atoms with Crippen LogP contribution in [0.3, 0.4) is 0 Å². The minimum absolute atomic E-state index is 0.0656. The highest BCUT2D eigenvalue weighted by molar-refractivity contribution is 7.17. The quantitative estimate of drug-likeness (QED) is 0.828. The van der Waals surface area contributed by atoms with Crippen molar-refractivity contribution in [3.05, 3.63) is 33.3 Å². The van der Waals surface area contributed by atoms with E-state index in [1.54, 1.807) is 0 Å². The fourth-order valence-corrected chi connectivity index (χ4v) is 4.84. The van der Waals surface area contributed by atoms with Gasteiger partial charge in [-0.2, -0.15) is 0 Å². The lowest BCUT2D eigenvalue weighted by Crippen LogP contribution is -2.36. The van der Waals surface area contributed by atoms with Crippen molar-refractivity contribution >= 4 is 22.4 Å². The number of thiazole rings is 1. The number of anilines is 1. The van der Waals surface area contributed by atoms with E-state index in [2.05, 4.69) is 27.1 Å². The number of nitrogens with zero attached hydrogens (tertiary/aromatic N) is 4. The number of hydrogen-bond donors (Lipinski definition) is 1. The van der Waals surface area contributed by atoms with Crippen molar-refractivity contribution in [3.63, 3.8) is 0 Å². The third kappa shape index (κ3) is 4.17. The lowest BCUT2D eigenvalue weighted by atomic mass is 9.95. The Kier molecular flexibility index (Phi) is 5.87. The summed E-state index contributed by atoms with van der Waals surface area (Å²) in [5.41, 5.74) is 4.41. The zero-order valence-corrected chi connectivity index (χ0v) is 17.4. The number of hydrogen-bond acceptors (Lipinski definition) is 7. The van der Waals surface area contributed by atoms with Gasteiger partial charge in [0, 0.05) is 37.4 Å². The number of fused-ring (bicyclic) bond motifs is 1. The Balaban J connectivity index is 1.36. The van der Waals surface area contributed by atoms with E-state index < -0.39 is 0 Å². The minimum atomic E-state index is -0.0656. The molecule has 0 saturated carbocycles. The molecule has 4 rings (SSSR count). The Morgan fingerprint density at radius 1 is 1.11 bits per heavy atom. The van der Waals surface area contributed by atoms with Gasteiger partial charge in [0.2, 0.25) is 0 Å². The highest BCUT2D eigenvalue weighted by Gasteiger charge is 2.20. The summed E-state index contributed by atoms with van der Waals surface area (Å²) in [5.74, 6) is 0.762. The predicted octanol–water partition coefficient (Wildman–Crippen LogP) is 2.24. The third-order valence-corrected chi connectivity index (χ3v) is 6.56. The molecule has 28 heavy (non-hydrogen) atoms. The second-order valence-corrected chi connectivity index (χ2v) is 8.35. The van der Waals surface area contributed by atoms with Crippen LogP contribution in [-0.4, -0.2) is 53.7 Å². The number of amides is 1. The molecule has 1 saturated heterocycles. The van der Waals surface area contributed by atoms with Crippen LogP contribution >= 0.6 is 11.3 Å². The molecule has 0 atom stereocenters. The molecule has 3 heterocycles. The second kappa shape index (κ2) is 8.53. The van der Waals surface area contributed by atoms with Crippen LogP contribution in [-0.2, 0) is 24.0 Å². The Labute approximate surface area is 169 Å². The summed E-state index contributed by atoms with van der Waals surface area (Å²) in [6.07, 6.45) is 5.22. The van der Waals surface area contributed by atoms with E-state index >= 15 is 0 Å². The Morgan fingerprint density at radius 3 is 2.71 bits per heavy atom. The van der Waals surface area contributed by atoms with Crippen molar-refractivity contribution in [1.29, 1.82) is 0 Å². The number of carbonyl (C=O) groups excluding carboxylic acids is 1. The first-order chi connectivity index (χ1) is 13.6. The molecular formula is C20H27N5O2S. The molecule has 1 amide bonds. The number of aryl methyl sites for hydroxylation is 3. The molecule has 150 valence electrons. The maximum Gasteiger partial charge on any atom is 0.263 e. The van der Waals surface area contributed by atoms with Gasteiger partial charge in [-0.25, -0.2) is 15.0 Å². The van der Waals surface area contributed by atoms with Crippen molar-refractivity contribution in [3.8, 4) is 0 Å². The number of carbonyl (C=O) groups is 1. The summed E-state index contributed by atoms with van der Waals surface area (Å²) in [6.45, 7) is 7.56. The molecule has 0 radical (unpaired) electrons. The van der Waals surface area contributed by atoms with Gasteiger partial charge in [0.05, 0.1) is 18.9 Å². The van der Waals surface area contributed by atoms with Crippen LogP contribution in [0.2, 0.25) is 0 Å². The van der Waals surface area contributed by atoms with Gasteiger partial charge < -0.3 is 15.0 Å². The van der Waals surface area contributed by atoms with E-state index in [1.165, 1.54) is 35.4 Å². The Bertz CT molecular complexity index is 861. The third-order valence-electron chi connectivity index (χ3n) is 5.34. The molecular weight excluding hydrogens is 374 g/mol. The Morgan fingerprint density at radius 2 is 1.89 bits per heavy atom. The van der Waals surface area contributed by atoms with Gasteiger partial charge in [0.15, 0.2) is 5.13 Å². The number of morpholine rings is 1. The summed E-state index contributed by atoms with van der Waals surface area (Å²) in [7, 11) is 0. The monoisotopic (exact) mass is 401 g/mol. The van der Waals surface area contributed by atoms with Gasteiger partial charge in [-0.05, 0) is 45.1 Å². The highest BCUT2D eigenvalue weighted by Crippen LogP contribution is 2.26. The molecule has 2 aromatic rings. The number of rotatable bonds is 5. The number of ether oxygens (including phenoxy) is 1. The molecule has 0 unspecified atom stereocenters. The van der Waals surface area contributed by atoms with Gasteiger partial charge >= 0.3 is 0 Å². The van der Waals surface area contributed by atoms with Gasteiger partial charge in [-0.15, -0.1) is 0 Å². The first-order valence-corrected chi connectivity index (χ1v) is 10.9. The summed E-state index contributed by atoms with van der Waals surface area (Å²) in [5, 5.41) is 3.91. The lowest BCUT2D eigenvalue weighted by Gasteiger charge is -2.25. The van der Waals surface area contributed by atoms with E-state index in [0.29, 0.717) is 31.1 Å². The summed E-state index contributed by atoms with van der Waals surface area (Å²) in [4.78, 5) is 29.5. The summed E-state index contributed by atoms with van der Waals surface area (Å²) < 4.78 is 5.39. The first-order valence-electron chi connectivity index (χ1n) is 10.1. The summed E-state index contributed by atoms with van der Waals surface area (Å²) >= 11 is 1.46. The van der Waals surface area contributed by atoms with Crippen LogP contribution in [0.1, 0.15) is 51.0 Å². The SMILES string of the molecule is Cc1nc(N2CCOCC2)sc1C(=O)NCCc1nc(C)c2c(n1)CCCC2. The zero-order chi connectivity index (χ0) is 19.5. The molecule has 1 aliphatic carbocycles. The minimum Gasteiger partial charge on any atom is -0.378 e. The molecule has 1 aliphatic heterocycles. The van der Waals surface area contributed by atoms with Gasteiger partial charge in [0.25, 0.3) is 5.91 Å². The largest absolute Gasteiger partial charge is 0.378 e. The fraction of sp³-hybridized carbons (Fsp3) is 0.600. The first kappa shape index (κ1) is 19.3. The standard InChI is InChI=1S/C20H27N5O2S/c1-13-15-5-3-4-6-16(15)24-17(22-13)7-8-21-19(26)18-14(2)23-20(28-18)25-9-11-27-12-10-25/h3-12H2,1-2H3,(H,21,26). The highest BCUT2D eigenvalue weighted by atomic mass is 32.1. The smallest absolute Gasteiger partial charge is 0.263 e. The van der Waals surface area contributed by atoms with Gasteiger partial charge in [-0.3, -0.25) is 4.79 Å². The second-order valence-electron chi connectivity index (χ2n) is 7.37. The van der Waals surface area contributed by atoms with Crippen LogP contribution in [0.25, 0.3) is 0 Å². The predicted molar refractivity (Wildman–Crippen MR) is 109 cm³/mol. The molecule has 7 nitrogen and oxygen atoms in total. The molecule has 0 aromatic carbocycles. The fourth-order valence-electron chi connectivity index (χ4n) is 3.81. The Hall–Kier alpha value is -2.06. The lowest BCUT2D eigenvalue weighted by molar-refractivity contribution is 0.0957. The molecule has 1 N–H and O–H groups in total. The number of aromatic nitrogens is 3. The maximum atomic E-state index is 12.6. The molecule has 0 bridgehead atoms. The van der Waals surface area contributed by atoms with E-state index in [0.717, 1.165) is 48.3 Å². The van der Waals surface area contributed by atoms with Gasteiger partial charge in [-0.1, -0.05) is 11.3 Å². The van der Waals surface area contributed by atoms with Crippen molar-refractivity contribution in [2.75, 3.05) is 37.7 Å². The van der Waals surface area contributed by atoms with Crippen LogP contribution in [0.15, 0.2) is 0 Å². The average Bonchev–Trinajstić information content (AvgIpc) is 3.10. The topological polar surface area (TPSA) is 80.2 Å². The molecule has 2 aromatic heterocycles. The average molecular weight is 402 g/mol. The van der Waals surface area contributed by atoms with E-state index in [-0.39, 0.29) is 5.91 Å². The number of nitrogens with one attached hydrogen (secondary N) is 1. The van der Waals surface area contributed by atoms with E-state index in [9.17, 15) is 4.79 Å². The van der Waals surface area contributed by atoms with Crippen molar-refractivity contribution < 1.29 is 9.53 Å². The van der Waals surface area contributed by atoms with Gasteiger partial charge in [0.1, 0.15) is 10.7 Å². The van der Waals surface area contributed by atoms with Crippen molar-refractivity contribution in [1.82, 2.24) is 20.3 Å². The molecule has 0 spiro atoms. The van der Waals surface area contributed by atoms with Crippen LogP contribution < -0.4 is 10.2 Å². The van der Waals surface area contributed by atoms with Crippen LogP contribution in [0, 0.1) is 13.8 Å². The van der Waals surface area contributed by atoms with Crippen molar-refractivity contribution in [2.24, 2.45) is 0 Å². The zero-order valence-electron chi connectivity index (χ0n) is 16.6. The normalized spacial score (nSPS) is 16.7. The maximum absolute atomic E-state index is 12.6. The molecule has 2 aliphatic rings. The van der Waals surface area contributed by atoms with E-state index in [4.69, 9.17) is 9.72 Å². The molecule has 1 fully saturated rings. The van der Waals surface area contributed by atoms with Crippen molar-refractivity contribution in [2.45, 2.75) is 46.0 Å². The molecule has 8 heteroatoms. The summed E-state index contributed by atoms with van der Waals surface area (Å²) in [6, 6.07) is 0.